The Labute approximate surface area is 81.5 Å². The van der Waals surface area contributed by atoms with Crippen molar-refractivity contribution >= 4 is 5.82 Å². The number of methoxy groups -OCH3 is 1. The molecule has 0 saturated heterocycles. The van der Waals surface area contributed by atoms with Crippen LogP contribution in [-0.4, -0.2) is 23.1 Å². The van der Waals surface area contributed by atoms with Gasteiger partial charge in [0.25, 0.3) is 5.56 Å². The molecule has 0 aromatic carbocycles. The Morgan fingerprint density at radius 2 is 2.50 bits per heavy atom. The number of ether oxygens (including phenoxy) is 1. The number of aromatic amines is 1. The van der Waals surface area contributed by atoms with E-state index in [0.29, 0.717) is 5.82 Å². The molecule has 0 fully saturated rings. The molecule has 1 rings (SSSR count). The summed E-state index contributed by atoms with van der Waals surface area (Å²) in [4.78, 5) is 17.5. The highest BCUT2D eigenvalue weighted by Crippen LogP contribution is 2.14. The summed E-state index contributed by atoms with van der Waals surface area (Å²) in [5, 5.41) is 2.86. The maximum absolute atomic E-state index is 11.2. The highest BCUT2D eigenvalue weighted by Gasteiger charge is 2.09. The quantitative estimate of drug-likeness (QED) is 0.673. The van der Waals surface area contributed by atoms with Crippen LogP contribution < -0.4 is 15.6 Å². The van der Waals surface area contributed by atoms with Gasteiger partial charge in [-0.05, 0) is 6.92 Å². The molecule has 5 heteroatoms. The van der Waals surface area contributed by atoms with Gasteiger partial charge in [0, 0.05) is 0 Å². The molecule has 1 heterocycles. The SMILES string of the molecule is C#CC(C)Nc1nc[nH]c(=O)c1OC. The van der Waals surface area contributed by atoms with Gasteiger partial charge in [-0.15, -0.1) is 6.42 Å². The van der Waals surface area contributed by atoms with Crippen molar-refractivity contribution in [2.75, 3.05) is 12.4 Å². The first-order valence-corrected chi connectivity index (χ1v) is 4.03. The molecule has 1 unspecified atom stereocenters. The number of nitrogens with zero attached hydrogens (tertiary/aromatic N) is 1. The van der Waals surface area contributed by atoms with Crippen molar-refractivity contribution in [1.29, 1.82) is 0 Å². The van der Waals surface area contributed by atoms with Crippen LogP contribution >= 0.6 is 0 Å². The van der Waals surface area contributed by atoms with E-state index >= 15 is 0 Å². The molecule has 1 aromatic rings. The van der Waals surface area contributed by atoms with Gasteiger partial charge >= 0.3 is 0 Å². The minimum absolute atomic E-state index is 0.134. The summed E-state index contributed by atoms with van der Waals surface area (Å²) in [5.41, 5.74) is -0.339. The van der Waals surface area contributed by atoms with Crippen molar-refractivity contribution in [2.24, 2.45) is 0 Å². The fraction of sp³-hybridized carbons (Fsp3) is 0.333. The molecule has 14 heavy (non-hydrogen) atoms. The fourth-order valence-electron chi connectivity index (χ4n) is 0.926. The minimum Gasteiger partial charge on any atom is -0.489 e. The average Bonchev–Trinajstić information content (AvgIpc) is 2.18. The number of rotatable bonds is 3. The van der Waals surface area contributed by atoms with Gasteiger partial charge < -0.3 is 15.0 Å². The van der Waals surface area contributed by atoms with Gasteiger partial charge in [-0.3, -0.25) is 4.79 Å². The van der Waals surface area contributed by atoms with Crippen LogP contribution in [0.25, 0.3) is 0 Å². The van der Waals surface area contributed by atoms with Crippen LogP contribution in [0.15, 0.2) is 11.1 Å². The first kappa shape index (κ1) is 10.1. The molecule has 0 bridgehead atoms. The number of aromatic nitrogens is 2. The summed E-state index contributed by atoms with van der Waals surface area (Å²) in [7, 11) is 1.40. The number of nitrogens with one attached hydrogen (secondary N) is 2. The Bertz CT molecular complexity index is 405. The molecular weight excluding hydrogens is 182 g/mol. The number of H-pyrrole nitrogens is 1. The maximum Gasteiger partial charge on any atom is 0.295 e. The van der Waals surface area contributed by atoms with Gasteiger partial charge in [-0.25, -0.2) is 4.98 Å². The number of hydrogen-bond acceptors (Lipinski definition) is 4. The molecule has 0 aliphatic rings. The standard InChI is InChI=1S/C9H11N3O2/c1-4-6(2)12-8-7(14-3)9(13)11-5-10-8/h1,5-6H,2-3H3,(H2,10,11,12,13). The van der Waals surface area contributed by atoms with E-state index in [1.807, 2.05) is 0 Å². The van der Waals surface area contributed by atoms with Crippen molar-refractivity contribution in [2.45, 2.75) is 13.0 Å². The summed E-state index contributed by atoms with van der Waals surface area (Å²) in [6, 6.07) is -0.210. The molecule has 74 valence electrons. The van der Waals surface area contributed by atoms with E-state index < -0.39 is 0 Å². The number of hydrogen-bond donors (Lipinski definition) is 2. The lowest BCUT2D eigenvalue weighted by molar-refractivity contribution is 0.408. The molecule has 0 saturated carbocycles. The van der Waals surface area contributed by atoms with Crippen LogP contribution in [0.5, 0.6) is 5.75 Å². The van der Waals surface area contributed by atoms with Gasteiger partial charge in [0.15, 0.2) is 5.82 Å². The van der Waals surface area contributed by atoms with Crippen LogP contribution in [0.2, 0.25) is 0 Å². The summed E-state index contributed by atoms with van der Waals surface area (Å²) in [6.45, 7) is 1.78. The van der Waals surface area contributed by atoms with E-state index in [2.05, 4.69) is 21.2 Å². The monoisotopic (exact) mass is 193 g/mol. The summed E-state index contributed by atoms with van der Waals surface area (Å²) in [6.07, 6.45) is 6.47. The van der Waals surface area contributed by atoms with Crippen LogP contribution in [-0.2, 0) is 0 Å². The highest BCUT2D eigenvalue weighted by molar-refractivity contribution is 5.49. The number of terminal acetylenes is 1. The molecule has 5 nitrogen and oxygen atoms in total. The van der Waals surface area contributed by atoms with Crippen LogP contribution in [0.3, 0.4) is 0 Å². The van der Waals surface area contributed by atoms with E-state index in [-0.39, 0.29) is 17.4 Å². The van der Waals surface area contributed by atoms with Crippen molar-refractivity contribution < 1.29 is 4.74 Å². The molecule has 0 aliphatic carbocycles. The molecule has 2 N–H and O–H groups in total. The maximum atomic E-state index is 11.2. The lowest BCUT2D eigenvalue weighted by Crippen LogP contribution is -2.18. The zero-order valence-corrected chi connectivity index (χ0v) is 8.00. The summed E-state index contributed by atoms with van der Waals surface area (Å²) >= 11 is 0. The van der Waals surface area contributed by atoms with Crippen molar-refractivity contribution in [1.82, 2.24) is 9.97 Å². The van der Waals surface area contributed by atoms with E-state index in [4.69, 9.17) is 11.2 Å². The molecule has 1 atom stereocenters. The van der Waals surface area contributed by atoms with Gasteiger partial charge in [-0.2, -0.15) is 0 Å². The van der Waals surface area contributed by atoms with E-state index in [1.54, 1.807) is 6.92 Å². The smallest absolute Gasteiger partial charge is 0.295 e. The largest absolute Gasteiger partial charge is 0.489 e. The third-order valence-electron chi connectivity index (χ3n) is 1.62. The second-order valence-corrected chi connectivity index (χ2v) is 2.65. The molecular formula is C9H11N3O2. The van der Waals surface area contributed by atoms with E-state index in [1.165, 1.54) is 13.4 Å². The van der Waals surface area contributed by atoms with Crippen molar-refractivity contribution in [3.05, 3.63) is 16.7 Å². The summed E-state index contributed by atoms with van der Waals surface area (Å²) < 4.78 is 4.88. The van der Waals surface area contributed by atoms with Gasteiger partial charge in [0.05, 0.1) is 19.5 Å². The van der Waals surface area contributed by atoms with Crippen LogP contribution in [0.1, 0.15) is 6.92 Å². The third-order valence-corrected chi connectivity index (χ3v) is 1.62. The van der Waals surface area contributed by atoms with Crippen LogP contribution in [0, 0.1) is 12.3 Å². The lowest BCUT2D eigenvalue weighted by Gasteiger charge is -2.10. The highest BCUT2D eigenvalue weighted by atomic mass is 16.5. The molecule has 0 radical (unpaired) electrons. The second kappa shape index (κ2) is 4.33. The molecule has 0 spiro atoms. The van der Waals surface area contributed by atoms with Crippen LogP contribution in [0.4, 0.5) is 5.82 Å². The zero-order chi connectivity index (χ0) is 10.6. The van der Waals surface area contributed by atoms with Gasteiger partial charge in [0.1, 0.15) is 0 Å². The second-order valence-electron chi connectivity index (χ2n) is 2.65. The zero-order valence-electron chi connectivity index (χ0n) is 8.00. The average molecular weight is 193 g/mol. The fourth-order valence-corrected chi connectivity index (χ4v) is 0.926. The van der Waals surface area contributed by atoms with E-state index in [0.717, 1.165) is 0 Å². The Hall–Kier alpha value is -1.96. The Kier molecular flexibility index (Phi) is 3.13. The predicted octanol–water partition coefficient (Wildman–Crippen LogP) is 0.212. The predicted molar refractivity (Wildman–Crippen MR) is 53.3 cm³/mol. The topological polar surface area (TPSA) is 67.0 Å². The molecule has 0 aliphatic heterocycles. The molecule has 1 aromatic heterocycles. The Morgan fingerprint density at radius 1 is 1.79 bits per heavy atom. The first-order chi connectivity index (χ1) is 6.69. The normalized spacial score (nSPS) is 11.5. The lowest BCUT2D eigenvalue weighted by atomic mass is 10.3. The minimum atomic E-state index is -0.339. The third kappa shape index (κ3) is 2.04. The van der Waals surface area contributed by atoms with Crippen molar-refractivity contribution in [3.8, 4) is 18.1 Å². The van der Waals surface area contributed by atoms with Gasteiger partial charge in [0.2, 0.25) is 5.75 Å². The van der Waals surface area contributed by atoms with Gasteiger partial charge in [-0.1, -0.05) is 5.92 Å². The Balaban J connectivity index is 3.03. The van der Waals surface area contributed by atoms with Crippen molar-refractivity contribution in [3.63, 3.8) is 0 Å². The summed E-state index contributed by atoms with van der Waals surface area (Å²) in [5.74, 6) is 2.95. The Morgan fingerprint density at radius 3 is 3.07 bits per heavy atom. The molecule has 0 amide bonds. The number of anilines is 1. The van der Waals surface area contributed by atoms with E-state index in [9.17, 15) is 4.79 Å². The first-order valence-electron chi connectivity index (χ1n) is 4.03.